The van der Waals surface area contributed by atoms with Crippen LogP contribution in [-0.4, -0.2) is 24.0 Å². The molecule has 1 aromatic rings. The molecular weight excluding hydrogens is 268 g/mol. The van der Waals surface area contributed by atoms with Crippen LogP contribution in [0.25, 0.3) is 0 Å². The molecule has 1 aromatic heterocycles. The first-order valence-corrected chi connectivity index (χ1v) is 6.99. The second-order valence-electron chi connectivity index (χ2n) is 5.31. The summed E-state index contributed by atoms with van der Waals surface area (Å²) in [6, 6.07) is 1.91. The highest BCUT2D eigenvalue weighted by atomic mass is 16.1. The molecule has 6 heteroatoms. The van der Waals surface area contributed by atoms with Crippen molar-refractivity contribution in [2.24, 2.45) is 11.7 Å². The van der Waals surface area contributed by atoms with E-state index in [4.69, 9.17) is 11.0 Å². The molecule has 0 aliphatic heterocycles. The minimum atomic E-state index is -0.377. The zero-order valence-corrected chi connectivity index (χ0v) is 12.7. The van der Waals surface area contributed by atoms with Gasteiger partial charge in [0.15, 0.2) is 0 Å². The lowest BCUT2D eigenvalue weighted by molar-refractivity contribution is -0.121. The van der Waals surface area contributed by atoms with Crippen molar-refractivity contribution < 1.29 is 4.79 Å². The first-order chi connectivity index (χ1) is 9.90. The van der Waals surface area contributed by atoms with Crippen LogP contribution in [0.2, 0.25) is 0 Å². The molecule has 0 saturated carbocycles. The van der Waals surface area contributed by atoms with Gasteiger partial charge in [0.05, 0.1) is 0 Å². The minimum absolute atomic E-state index is 0.0567. The number of nitrogens with two attached hydrogens (primary N) is 1. The summed E-state index contributed by atoms with van der Waals surface area (Å²) in [7, 11) is 0. The third kappa shape index (κ3) is 4.43. The predicted molar refractivity (Wildman–Crippen MR) is 80.8 cm³/mol. The number of hydrogen-bond acceptors (Lipinski definition) is 4. The Morgan fingerprint density at radius 2 is 2.14 bits per heavy atom. The molecule has 0 aliphatic rings. The number of aryl methyl sites for hydroxylation is 1. The Kier molecular flexibility index (Phi) is 6.12. The number of H-pyrrole nitrogens is 1. The first-order valence-electron chi connectivity index (χ1n) is 6.99. The van der Waals surface area contributed by atoms with Crippen molar-refractivity contribution in [1.82, 2.24) is 10.3 Å². The van der Waals surface area contributed by atoms with Crippen LogP contribution in [-0.2, 0) is 11.2 Å². The van der Waals surface area contributed by atoms with Gasteiger partial charge in [-0.3, -0.25) is 9.59 Å². The summed E-state index contributed by atoms with van der Waals surface area (Å²) in [5.74, 6) is 0.189. The molecule has 0 fully saturated rings. The Bertz CT molecular complexity index is 613. The average Bonchev–Trinajstić information content (AvgIpc) is 2.44. The number of nitriles is 1. The minimum Gasteiger partial charge on any atom is -0.356 e. The number of pyridine rings is 1. The van der Waals surface area contributed by atoms with Crippen LogP contribution >= 0.6 is 0 Å². The van der Waals surface area contributed by atoms with Crippen LogP contribution in [0.3, 0.4) is 0 Å². The molecule has 0 aliphatic carbocycles. The number of hydrogen-bond donors (Lipinski definition) is 3. The molecule has 1 atom stereocenters. The maximum atomic E-state index is 11.8. The number of aromatic nitrogens is 1. The van der Waals surface area contributed by atoms with E-state index < -0.39 is 0 Å². The molecule has 1 rings (SSSR count). The van der Waals surface area contributed by atoms with E-state index in [-0.39, 0.29) is 22.9 Å². The van der Waals surface area contributed by atoms with Gasteiger partial charge >= 0.3 is 0 Å². The molecule has 0 radical (unpaired) electrons. The van der Waals surface area contributed by atoms with Gasteiger partial charge in [-0.15, -0.1) is 0 Å². The number of nitrogens with zero attached hydrogens (tertiary/aromatic N) is 1. The van der Waals surface area contributed by atoms with E-state index in [1.165, 1.54) is 0 Å². The molecule has 21 heavy (non-hydrogen) atoms. The topological polar surface area (TPSA) is 112 Å². The fraction of sp³-hybridized carbons (Fsp3) is 0.533. The van der Waals surface area contributed by atoms with E-state index in [9.17, 15) is 9.59 Å². The standard InChI is InChI=1S/C15H22N4O2/c1-9(6-16)8-18-14(20)5-4-12-10(2)13(7-17)15(21)19-11(12)3/h9H,4-6,8,16H2,1-3H3,(H,18,20)(H,19,21). The van der Waals surface area contributed by atoms with Gasteiger partial charge < -0.3 is 16.0 Å². The van der Waals surface area contributed by atoms with Gasteiger partial charge in [0.25, 0.3) is 5.56 Å². The molecule has 1 heterocycles. The maximum Gasteiger partial charge on any atom is 0.266 e. The summed E-state index contributed by atoms with van der Waals surface area (Å²) in [6.07, 6.45) is 0.807. The molecule has 1 unspecified atom stereocenters. The fourth-order valence-electron chi connectivity index (χ4n) is 2.12. The summed E-state index contributed by atoms with van der Waals surface area (Å²) in [6.45, 7) is 6.58. The Balaban J connectivity index is 2.75. The molecule has 0 saturated heterocycles. The Labute approximate surface area is 124 Å². The number of carbonyl (C=O) groups excluding carboxylic acids is 1. The van der Waals surface area contributed by atoms with E-state index in [0.717, 1.165) is 5.56 Å². The van der Waals surface area contributed by atoms with Crippen molar-refractivity contribution in [1.29, 1.82) is 5.26 Å². The van der Waals surface area contributed by atoms with Crippen molar-refractivity contribution in [3.8, 4) is 6.07 Å². The average molecular weight is 290 g/mol. The lowest BCUT2D eigenvalue weighted by Gasteiger charge is -2.12. The molecule has 0 aromatic carbocycles. The van der Waals surface area contributed by atoms with E-state index >= 15 is 0 Å². The fourth-order valence-corrected chi connectivity index (χ4v) is 2.12. The SMILES string of the molecule is Cc1[nH]c(=O)c(C#N)c(C)c1CCC(=O)NCC(C)CN. The van der Waals surface area contributed by atoms with Crippen molar-refractivity contribution in [3.63, 3.8) is 0 Å². The van der Waals surface area contributed by atoms with Crippen molar-refractivity contribution >= 4 is 5.91 Å². The van der Waals surface area contributed by atoms with Crippen LogP contribution in [0.4, 0.5) is 0 Å². The van der Waals surface area contributed by atoms with Crippen LogP contribution in [0.5, 0.6) is 0 Å². The second kappa shape index (κ2) is 7.60. The maximum absolute atomic E-state index is 11.8. The summed E-state index contributed by atoms with van der Waals surface area (Å²) in [5.41, 5.74) is 7.45. The van der Waals surface area contributed by atoms with Gasteiger partial charge in [-0.1, -0.05) is 6.92 Å². The molecule has 0 bridgehead atoms. The van der Waals surface area contributed by atoms with E-state index in [2.05, 4.69) is 10.3 Å². The van der Waals surface area contributed by atoms with Crippen LogP contribution < -0.4 is 16.6 Å². The Morgan fingerprint density at radius 1 is 1.48 bits per heavy atom. The van der Waals surface area contributed by atoms with E-state index in [0.29, 0.717) is 37.2 Å². The van der Waals surface area contributed by atoms with Crippen molar-refractivity contribution in [2.45, 2.75) is 33.6 Å². The highest BCUT2D eigenvalue weighted by Gasteiger charge is 2.13. The number of amides is 1. The molecule has 4 N–H and O–H groups in total. The van der Waals surface area contributed by atoms with Crippen LogP contribution in [0, 0.1) is 31.1 Å². The zero-order chi connectivity index (χ0) is 16.0. The van der Waals surface area contributed by atoms with Gasteiger partial charge in [-0.2, -0.15) is 5.26 Å². The third-order valence-corrected chi connectivity index (χ3v) is 3.57. The molecular formula is C15H22N4O2. The van der Waals surface area contributed by atoms with Crippen LogP contribution in [0.1, 0.15) is 35.7 Å². The summed E-state index contributed by atoms with van der Waals surface area (Å²) in [4.78, 5) is 26.1. The zero-order valence-electron chi connectivity index (χ0n) is 12.7. The predicted octanol–water partition coefficient (Wildman–Crippen LogP) is 0.507. The van der Waals surface area contributed by atoms with Gasteiger partial charge in [0, 0.05) is 18.7 Å². The Morgan fingerprint density at radius 3 is 2.71 bits per heavy atom. The van der Waals surface area contributed by atoms with Crippen molar-refractivity contribution in [3.05, 3.63) is 32.7 Å². The monoisotopic (exact) mass is 290 g/mol. The molecule has 6 nitrogen and oxygen atoms in total. The number of aromatic amines is 1. The lowest BCUT2D eigenvalue weighted by Crippen LogP contribution is -2.31. The molecule has 1 amide bonds. The number of carbonyl (C=O) groups is 1. The smallest absolute Gasteiger partial charge is 0.266 e. The first kappa shape index (κ1) is 16.9. The van der Waals surface area contributed by atoms with E-state index in [1.807, 2.05) is 13.0 Å². The summed E-state index contributed by atoms with van der Waals surface area (Å²) in [5, 5.41) is 11.8. The van der Waals surface area contributed by atoms with E-state index in [1.54, 1.807) is 13.8 Å². The van der Waals surface area contributed by atoms with Gasteiger partial charge in [-0.25, -0.2) is 0 Å². The van der Waals surface area contributed by atoms with Gasteiger partial charge in [-0.05, 0) is 43.9 Å². The number of nitrogens with one attached hydrogen (secondary N) is 2. The molecule has 0 spiro atoms. The largest absolute Gasteiger partial charge is 0.356 e. The second-order valence-corrected chi connectivity index (χ2v) is 5.31. The normalized spacial score (nSPS) is 11.8. The quantitative estimate of drug-likeness (QED) is 0.708. The third-order valence-electron chi connectivity index (χ3n) is 3.57. The molecule has 114 valence electrons. The van der Waals surface area contributed by atoms with Gasteiger partial charge in [0.1, 0.15) is 11.6 Å². The van der Waals surface area contributed by atoms with Crippen molar-refractivity contribution in [2.75, 3.05) is 13.1 Å². The summed E-state index contributed by atoms with van der Waals surface area (Å²) >= 11 is 0. The highest BCUT2D eigenvalue weighted by Crippen LogP contribution is 2.14. The number of rotatable bonds is 6. The summed E-state index contributed by atoms with van der Waals surface area (Å²) < 4.78 is 0. The highest BCUT2D eigenvalue weighted by molar-refractivity contribution is 5.76. The Hall–Kier alpha value is -2.13. The van der Waals surface area contributed by atoms with Gasteiger partial charge in [0.2, 0.25) is 5.91 Å². The lowest BCUT2D eigenvalue weighted by atomic mass is 9.99. The van der Waals surface area contributed by atoms with Crippen LogP contribution in [0.15, 0.2) is 4.79 Å².